The topological polar surface area (TPSA) is 54.3 Å². The van der Waals surface area contributed by atoms with Gasteiger partial charge in [-0.05, 0) is 37.6 Å². The summed E-state index contributed by atoms with van der Waals surface area (Å²) in [5.41, 5.74) is 1.10. The Balaban J connectivity index is 2.56. The number of ether oxygens (including phenoxy) is 2. The molecular weight excluding hydrogens is 240 g/mol. The third-order valence-electron chi connectivity index (χ3n) is 2.77. The average Bonchev–Trinajstić information content (AvgIpc) is 2.45. The van der Waals surface area contributed by atoms with Crippen molar-refractivity contribution in [3.63, 3.8) is 0 Å². The second kappa shape index (κ2) is 9.23. The maximum absolute atomic E-state index is 8.47. The number of hydrogen-bond donors (Lipinski definition) is 1. The predicted molar refractivity (Wildman–Crippen MR) is 75.3 cm³/mol. The first kappa shape index (κ1) is 15.3. The molecule has 1 aromatic rings. The van der Waals surface area contributed by atoms with Gasteiger partial charge in [-0.3, -0.25) is 0 Å². The van der Waals surface area contributed by atoms with Crippen molar-refractivity contribution in [2.75, 3.05) is 20.3 Å². The van der Waals surface area contributed by atoms with Gasteiger partial charge in [-0.15, -0.1) is 0 Å². The summed E-state index contributed by atoms with van der Waals surface area (Å²) in [4.78, 5) is 0. The van der Waals surface area contributed by atoms with Crippen LogP contribution >= 0.6 is 0 Å². The lowest BCUT2D eigenvalue weighted by Gasteiger charge is -2.13. The molecule has 0 spiro atoms. The van der Waals surface area contributed by atoms with Crippen molar-refractivity contribution >= 4 is 0 Å². The van der Waals surface area contributed by atoms with Gasteiger partial charge in [-0.1, -0.05) is 6.92 Å². The van der Waals surface area contributed by atoms with Gasteiger partial charge in [0.05, 0.1) is 19.8 Å². The third kappa shape index (κ3) is 5.62. The number of nitrogens with zero attached hydrogens (tertiary/aromatic N) is 1. The van der Waals surface area contributed by atoms with E-state index in [9.17, 15) is 0 Å². The Morgan fingerprint density at radius 1 is 1.32 bits per heavy atom. The Morgan fingerprint density at radius 3 is 2.84 bits per heavy atom. The molecule has 0 saturated heterocycles. The van der Waals surface area contributed by atoms with E-state index in [0.29, 0.717) is 13.0 Å². The number of nitriles is 1. The number of benzene rings is 1. The van der Waals surface area contributed by atoms with Crippen molar-refractivity contribution < 1.29 is 9.47 Å². The van der Waals surface area contributed by atoms with Crippen LogP contribution in [0.15, 0.2) is 18.2 Å². The van der Waals surface area contributed by atoms with E-state index in [1.54, 1.807) is 7.11 Å². The second-order valence-corrected chi connectivity index (χ2v) is 4.22. The zero-order valence-corrected chi connectivity index (χ0v) is 11.7. The van der Waals surface area contributed by atoms with Crippen LogP contribution in [-0.2, 0) is 6.54 Å². The Kier molecular flexibility index (Phi) is 7.45. The van der Waals surface area contributed by atoms with Crippen molar-refractivity contribution in [3.05, 3.63) is 23.8 Å². The van der Waals surface area contributed by atoms with Crippen LogP contribution < -0.4 is 14.8 Å². The Bertz CT molecular complexity index is 413. The molecule has 1 rings (SSSR count). The standard InChI is InChI=1S/C15H22N2O2/c1-3-17-12-13-11-14(18-2)7-8-15(13)19-10-6-4-5-9-16/h7-8,11,17H,3-6,10,12H2,1-2H3. The van der Waals surface area contributed by atoms with Gasteiger partial charge in [-0.2, -0.15) is 5.26 Å². The van der Waals surface area contributed by atoms with Crippen LogP contribution in [0.2, 0.25) is 0 Å². The number of nitrogens with one attached hydrogen (secondary N) is 1. The first-order valence-corrected chi connectivity index (χ1v) is 6.69. The Hall–Kier alpha value is -1.73. The zero-order valence-electron chi connectivity index (χ0n) is 11.7. The summed E-state index contributed by atoms with van der Waals surface area (Å²) in [5, 5.41) is 11.8. The minimum atomic E-state index is 0.593. The van der Waals surface area contributed by atoms with Crippen LogP contribution in [0.4, 0.5) is 0 Å². The number of rotatable bonds is 9. The minimum Gasteiger partial charge on any atom is -0.497 e. The molecule has 0 aliphatic carbocycles. The molecule has 0 aliphatic rings. The highest BCUT2D eigenvalue weighted by molar-refractivity contribution is 5.40. The molecule has 0 aliphatic heterocycles. The Labute approximate surface area is 115 Å². The van der Waals surface area contributed by atoms with Crippen molar-refractivity contribution in [2.24, 2.45) is 0 Å². The van der Waals surface area contributed by atoms with Gasteiger partial charge < -0.3 is 14.8 Å². The molecule has 19 heavy (non-hydrogen) atoms. The zero-order chi connectivity index (χ0) is 13.9. The van der Waals surface area contributed by atoms with Crippen molar-refractivity contribution in [1.82, 2.24) is 5.32 Å². The second-order valence-electron chi connectivity index (χ2n) is 4.22. The molecule has 0 unspecified atom stereocenters. The van der Waals surface area contributed by atoms with E-state index in [1.165, 1.54) is 0 Å². The first-order chi connectivity index (χ1) is 9.31. The predicted octanol–water partition coefficient (Wildman–Crippen LogP) is 2.88. The molecule has 0 amide bonds. The van der Waals surface area contributed by atoms with Crippen molar-refractivity contribution in [2.45, 2.75) is 32.7 Å². The molecule has 1 N–H and O–H groups in total. The van der Waals surface area contributed by atoms with Gasteiger partial charge in [0.2, 0.25) is 0 Å². The Morgan fingerprint density at radius 2 is 2.16 bits per heavy atom. The maximum atomic E-state index is 8.47. The van der Waals surface area contributed by atoms with Crippen molar-refractivity contribution in [1.29, 1.82) is 5.26 Å². The molecule has 0 fully saturated rings. The summed E-state index contributed by atoms with van der Waals surface area (Å²) in [6.45, 7) is 4.40. The van der Waals surface area contributed by atoms with Crippen LogP contribution in [0.1, 0.15) is 31.7 Å². The maximum Gasteiger partial charge on any atom is 0.124 e. The summed E-state index contributed by atoms with van der Waals surface area (Å²) in [5.74, 6) is 1.73. The van der Waals surface area contributed by atoms with E-state index in [2.05, 4.69) is 18.3 Å². The van der Waals surface area contributed by atoms with Gasteiger partial charge >= 0.3 is 0 Å². The molecule has 0 radical (unpaired) electrons. The number of unbranched alkanes of at least 4 members (excludes halogenated alkanes) is 2. The fraction of sp³-hybridized carbons (Fsp3) is 0.533. The molecule has 0 heterocycles. The van der Waals surface area contributed by atoms with Gasteiger partial charge in [0.25, 0.3) is 0 Å². The molecule has 0 saturated carbocycles. The SMILES string of the molecule is CCNCc1cc(OC)ccc1OCCCCC#N. The summed E-state index contributed by atoms with van der Waals surface area (Å²) in [6, 6.07) is 7.98. The van der Waals surface area contributed by atoms with Crippen LogP contribution in [0.5, 0.6) is 11.5 Å². The van der Waals surface area contributed by atoms with E-state index >= 15 is 0 Å². The quantitative estimate of drug-likeness (QED) is 0.695. The first-order valence-electron chi connectivity index (χ1n) is 6.69. The summed E-state index contributed by atoms with van der Waals surface area (Å²) in [6.07, 6.45) is 2.38. The third-order valence-corrected chi connectivity index (χ3v) is 2.77. The van der Waals surface area contributed by atoms with Crippen molar-refractivity contribution in [3.8, 4) is 17.6 Å². The molecule has 0 bridgehead atoms. The van der Waals surface area contributed by atoms with Crippen LogP contribution in [0.25, 0.3) is 0 Å². The molecule has 0 atom stereocenters. The molecule has 104 valence electrons. The van der Waals surface area contributed by atoms with E-state index < -0.39 is 0 Å². The highest BCUT2D eigenvalue weighted by Crippen LogP contribution is 2.24. The fourth-order valence-corrected chi connectivity index (χ4v) is 1.71. The van der Waals surface area contributed by atoms with Gasteiger partial charge in [0.1, 0.15) is 11.5 Å². The van der Waals surface area contributed by atoms with Crippen LogP contribution in [0, 0.1) is 11.3 Å². The summed E-state index contributed by atoms with van der Waals surface area (Å²) in [7, 11) is 1.66. The van der Waals surface area contributed by atoms with E-state index in [1.807, 2.05) is 18.2 Å². The smallest absolute Gasteiger partial charge is 0.124 e. The largest absolute Gasteiger partial charge is 0.497 e. The summed E-state index contributed by atoms with van der Waals surface area (Å²) >= 11 is 0. The molecule has 1 aromatic carbocycles. The van der Waals surface area contributed by atoms with Crippen LogP contribution in [-0.4, -0.2) is 20.3 Å². The lowest BCUT2D eigenvalue weighted by atomic mass is 10.2. The van der Waals surface area contributed by atoms with Gasteiger partial charge in [-0.25, -0.2) is 0 Å². The van der Waals surface area contributed by atoms with Gasteiger partial charge in [0, 0.05) is 18.5 Å². The monoisotopic (exact) mass is 262 g/mol. The van der Waals surface area contributed by atoms with E-state index in [4.69, 9.17) is 14.7 Å². The fourth-order valence-electron chi connectivity index (χ4n) is 1.71. The lowest BCUT2D eigenvalue weighted by molar-refractivity contribution is 0.303. The number of methoxy groups -OCH3 is 1. The van der Waals surface area contributed by atoms with E-state index in [0.717, 1.165) is 43.0 Å². The normalized spacial score (nSPS) is 9.95. The highest BCUT2D eigenvalue weighted by atomic mass is 16.5. The lowest BCUT2D eigenvalue weighted by Crippen LogP contribution is -2.13. The highest BCUT2D eigenvalue weighted by Gasteiger charge is 2.05. The average molecular weight is 262 g/mol. The summed E-state index contributed by atoms with van der Waals surface area (Å²) < 4.78 is 11.0. The van der Waals surface area contributed by atoms with Crippen LogP contribution in [0.3, 0.4) is 0 Å². The molecule has 0 aromatic heterocycles. The minimum absolute atomic E-state index is 0.593. The van der Waals surface area contributed by atoms with E-state index in [-0.39, 0.29) is 0 Å². The molecule has 4 nitrogen and oxygen atoms in total. The molecule has 4 heteroatoms. The van der Waals surface area contributed by atoms with Gasteiger partial charge in [0.15, 0.2) is 0 Å². The molecular formula is C15H22N2O2. The number of hydrogen-bond acceptors (Lipinski definition) is 4.